The van der Waals surface area contributed by atoms with E-state index in [0.717, 1.165) is 5.56 Å². The Morgan fingerprint density at radius 2 is 1.73 bits per heavy atom. The first kappa shape index (κ1) is 12.7. The maximum atomic E-state index is 10.6. The number of hydrogen-bond donors (Lipinski definition) is 2. The molecular formula is C12H17BrO2. The standard InChI is InChI=1S/C12H17BrO2/c1-11(2,9-14)12(15,8-13)10-6-4-3-5-7-10/h3-7,14-15H,8-9H2,1-2H3. The first-order chi connectivity index (χ1) is 6.98. The van der Waals surface area contributed by atoms with E-state index in [1.165, 1.54) is 0 Å². The minimum absolute atomic E-state index is 0.0655. The van der Waals surface area contributed by atoms with E-state index >= 15 is 0 Å². The lowest BCUT2D eigenvalue weighted by Gasteiger charge is -2.40. The van der Waals surface area contributed by atoms with Crippen LogP contribution in [0.2, 0.25) is 0 Å². The summed E-state index contributed by atoms with van der Waals surface area (Å²) in [5.74, 6) is 0. The van der Waals surface area contributed by atoms with E-state index in [1.807, 2.05) is 44.2 Å². The van der Waals surface area contributed by atoms with E-state index < -0.39 is 11.0 Å². The van der Waals surface area contributed by atoms with E-state index in [-0.39, 0.29) is 6.61 Å². The molecule has 2 nitrogen and oxygen atoms in total. The first-order valence-electron chi connectivity index (χ1n) is 4.92. The fourth-order valence-electron chi connectivity index (χ4n) is 1.49. The quantitative estimate of drug-likeness (QED) is 0.826. The van der Waals surface area contributed by atoms with Gasteiger partial charge in [-0.1, -0.05) is 60.1 Å². The molecule has 0 aliphatic rings. The number of aliphatic hydroxyl groups excluding tert-OH is 1. The van der Waals surface area contributed by atoms with Crippen molar-refractivity contribution < 1.29 is 10.2 Å². The van der Waals surface area contributed by atoms with Gasteiger partial charge in [-0.15, -0.1) is 0 Å². The lowest BCUT2D eigenvalue weighted by Crippen LogP contribution is -2.45. The second kappa shape index (κ2) is 4.64. The molecule has 84 valence electrons. The molecule has 1 aromatic rings. The van der Waals surface area contributed by atoms with E-state index in [0.29, 0.717) is 5.33 Å². The Balaban J connectivity index is 3.17. The van der Waals surface area contributed by atoms with Crippen molar-refractivity contribution in [2.45, 2.75) is 19.4 Å². The third-order valence-electron chi connectivity index (χ3n) is 2.96. The molecule has 15 heavy (non-hydrogen) atoms. The number of alkyl halides is 1. The van der Waals surface area contributed by atoms with Gasteiger partial charge in [-0.2, -0.15) is 0 Å². The molecule has 0 aliphatic carbocycles. The van der Waals surface area contributed by atoms with Crippen molar-refractivity contribution in [3.63, 3.8) is 0 Å². The normalized spacial score (nSPS) is 16.1. The molecule has 1 rings (SSSR count). The molecule has 0 aromatic heterocycles. The fourth-order valence-corrected chi connectivity index (χ4v) is 2.58. The third-order valence-corrected chi connectivity index (χ3v) is 3.77. The molecular weight excluding hydrogens is 256 g/mol. The van der Waals surface area contributed by atoms with Crippen molar-refractivity contribution in [2.24, 2.45) is 5.41 Å². The Morgan fingerprint density at radius 3 is 2.13 bits per heavy atom. The largest absolute Gasteiger partial charge is 0.396 e. The molecule has 0 aliphatic heterocycles. The van der Waals surface area contributed by atoms with Crippen LogP contribution in [0.5, 0.6) is 0 Å². The van der Waals surface area contributed by atoms with E-state index in [2.05, 4.69) is 15.9 Å². The molecule has 1 atom stereocenters. The van der Waals surface area contributed by atoms with Crippen molar-refractivity contribution in [3.8, 4) is 0 Å². The van der Waals surface area contributed by atoms with Crippen molar-refractivity contribution in [1.82, 2.24) is 0 Å². The van der Waals surface area contributed by atoms with Crippen LogP contribution in [-0.2, 0) is 5.60 Å². The Morgan fingerprint density at radius 1 is 1.20 bits per heavy atom. The summed E-state index contributed by atoms with van der Waals surface area (Å²) in [6.45, 7) is 3.63. The molecule has 0 bridgehead atoms. The van der Waals surface area contributed by atoms with Gasteiger partial charge in [0, 0.05) is 10.7 Å². The fraction of sp³-hybridized carbons (Fsp3) is 0.500. The molecule has 0 radical (unpaired) electrons. The number of aliphatic hydroxyl groups is 2. The number of benzene rings is 1. The predicted octanol–water partition coefficient (Wildman–Crippen LogP) is 2.29. The summed E-state index contributed by atoms with van der Waals surface area (Å²) in [5.41, 5.74) is -0.818. The van der Waals surface area contributed by atoms with Crippen LogP contribution in [0.4, 0.5) is 0 Å². The Hall–Kier alpha value is -0.380. The van der Waals surface area contributed by atoms with Gasteiger partial charge in [0.25, 0.3) is 0 Å². The molecule has 0 spiro atoms. The van der Waals surface area contributed by atoms with E-state index in [4.69, 9.17) is 0 Å². The zero-order valence-corrected chi connectivity index (χ0v) is 10.7. The third kappa shape index (κ3) is 2.25. The topological polar surface area (TPSA) is 40.5 Å². The predicted molar refractivity (Wildman–Crippen MR) is 65.0 cm³/mol. The Bertz CT molecular complexity index is 311. The van der Waals surface area contributed by atoms with Gasteiger partial charge in [0.05, 0.1) is 6.61 Å². The van der Waals surface area contributed by atoms with Gasteiger partial charge < -0.3 is 10.2 Å². The monoisotopic (exact) mass is 272 g/mol. The Labute approximate surface area is 99.1 Å². The second-order valence-corrected chi connectivity index (χ2v) is 4.96. The minimum Gasteiger partial charge on any atom is -0.396 e. The van der Waals surface area contributed by atoms with E-state index in [1.54, 1.807) is 0 Å². The van der Waals surface area contributed by atoms with Gasteiger partial charge in [-0.05, 0) is 5.56 Å². The average molecular weight is 273 g/mol. The lowest BCUT2D eigenvalue weighted by atomic mass is 9.72. The number of rotatable bonds is 4. The smallest absolute Gasteiger partial charge is 0.106 e. The molecule has 0 amide bonds. The molecule has 0 heterocycles. The van der Waals surface area contributed by atoms with Crippen molar-refractivity contribution >= 4 is 15.9 Å². The highest BCUT2D eigenvalue weighted by Crippen LogP contribution is 2.40. The molecule has 1 aromatic carbocycles. The van der Waals surface area contributed by atoms with Crippen LogP contribution in [0.25, 0.3) is 0 Å². The Kier molecular flexibility index (Phi) is 3.93. The summed E-state index contributed by atoms with van der Waals surface area (Å²) >= 11 is 3.32. The van der Waals surface area contributed by atoms with Crippen LogP contribution in [-0.4, -0.2) is 22.2 Å². The molecule has 0 fully saturated rings. The van der Waals surface area contributed by atoms with Crippen LogP contribution in [0.15, 0.2) is 30.3 Å². The summed E-state index contributed by atoms with van der Waals surface area (Å²) in [6.07, 6.45) is 0. The van der Waals surface area contributed by atoms with Gasteiger partial charge in [0.1, 0.15) is 5.60 Å². The van der Waals surface area contributed by atoms with Gasteiger partial charge in [0.15, 0.2) is 0 Å². The van der Waals surface area contributed by atoms with Crippen LogP contribution in [0.3, 0.4) is 0 Å². The van der Waals surface area contributed by atoms with Crippen molar-refractivity contribution in [1.29, 1.82) is 0 Å². The van der Waals surface area contributed by atoms with Gasteiger partial charge in [0.2, 0.25) is 0 Å². The second-order valence-electron chi connectivity index (χ2n) is 4.40. The first-order valence-corrected chi connectivity index (χ1v) is 6.05. The average Bonchev–Trinajstić information content (AvgIpc) is 2.29. The SMILES string of the molecule is CC(C)(CO)C(O)(CBr)c1ccccc1. The van der Waals surface area contributed by atoms with Crippen LogP contribution >= 0.6 is 15.9 Å². The van der Waals surface area contributed by atoms with Gasteiger partial charge in [-0.3, -0.25) is 0 Å². The highest BCUT2D eigenvalue weighted by atomic mass is 79.9. The highest BCUT2D eigenvalue weighted by molar-refractivity contribution is 9.09. The summed E-state index contributed by atoms with van der Waals surface area (Å²) < 4.78 is 0. The minimum atomic E-state index is -1.05. The number of halogens is 1. The summed E-state index contributed by atoms with van der Waals surface area (Å²) in [4.78, 5) is 0. The molecule has 3 heteroatoms. The van der Waals surface area contributed by atoms with Gasteiger partial charge in [-0.25, -0.2) is 0 Å². The van der Waals surface area contributed by atoms with Crippen LogP contribution < -0.4 is 0 Å². The zero-order chi connectivity index (χ0) is 11.5. The maximum absolute atomic E-state index is 10.6. The van der Waals surface area contributed by atoms with Gasteiger partial charge >= 0.3 is 0 Å². The summed E-state index contributed by atoms with van der Waals surface area (Å²) in [7, 11) is 0. The molecule has 0 saturated carbocycles. The van der Waals surface area contributed by atoms with Crippen LogP contribution in [0.1, 0.15) is 19.4 Å². The van der Waals surface area contributed by atoms with Crippen molar-refractivity contribution in [3.05, 3.63) is 35.9 Å². The summed E-state index contributed by atoms with van der Waals surface area (Å²) in [5, 5.41) is 20.4. The number of hydrogen-bond acceptors (Lipinski definition) is 2. The maximum Gasteiger partial charge on any atom is 0.106 e. The molecule has 2 N–H and O–H groups in total. The lowest BCUT2D eigenvalue weighted by molar-refractivity contribution is -0.0776. The zero-order valence-electron chi connectivity index (χ0n) is 9.07. The van der Waals surface area contributed by atoms with Crippen molar-refractivity contribution in [2.75, 3.05) is 11.9 Å². The van der Waals surface area contributed by atoms with E-state index in [9.17, 15) is 10.2 Å². The highest BCUT2D eigenvalue weighted by Gasteiger charge is 2.43. The van der Waals surface area contributed by atoms with Crippen LogP contribution in [0, 0.1) is 5.41 Å². The summed E-state index contributed by atoms with van der Waals surface area (Å²) in [6, 6.07) is 9.42. The molecule has 0 saturated heterocycles. The molecule has 1 unspecified atom stereocenters.